The molecule has 2 aliphatic rings. The van der Waals surface area contributed by atoms with Crippen LogP contribution in [0.1, 0.15) is 18.5 Å². The molecule has 0 radical (unpaired) electrons. The quantitative estimate of drug-likeness (QED) is 0.631. The fourth-order valence-electron chi connectivity index (χ4n) is 3.49. The average molecular weight is 396 g/mol. The maximum absolute atomic E-state index is 12.6. The summed E-state index contributed by atoms with van der Waals surface area (Å²) in [4.78, 5) is 14.5. The van der Waals surface area contributed by atoms with Crippen molar-refractivity contribution in [1.29, 1.82) is 0 Å². The zero-order valence-electron chi connectivity index (χ0n) is 15.6. The Labute approximate surface area is 168 Å². The molecule has 28 heavy (non-hydrogen) atoms. The molecule has 6 nitrogen and oxygen atoms in total. The summed E-state index contributed by atoms with van der Waals surface area (Å²) in [5.74, 6) is 0.955. The molecule has 0 amide bonds. The summed E-state index contributed by atoms with van der Waals surface area (Å²) in [7, 11) is 1.38. The molecule has 1 atom stereocenters. The van der Waals surface area contributed by atoms with Gasteiger partial charge in [0.1, 0.15) is 13.2 Å². The van der Waals surface area contributed by atoms with Gasteiger partial charge in [0.05, 0.1) is 24.4 Å². The van der Waals surface area contributed by atoms with Gasteiger partial charge in [0.25, 0.3) is 0 Å². The molecule has 0 spiro atoms. The van der Waals surface area contributed by atoms with Crippen LogP contribution in [-0.4, -0.2) is 31.4 Å². The summed E-state index contributed by atoms with van der Waals surface area (Å²) in [6.07, 6.45) is 0. The predicted molar refractivity (Wildman–Crippen MR) is 110 cm³/mol. The van der Waals surface area contributed by atoms with E-state index >= 15 is 0 Å². The van der Waals surface area contributed by atoms with E-state index in [0.717, 1.165) is 11.3 Å². The Morgan fingerprint density at radius 1 is 1.14 bits per heavy atom. The molecular formula is C21H20N2O4S. The first-order chi connectivity index (χ1) is 13.6. The first-order valence-corrected chi connectivity index (χ1v) is 9.35. The third kappa shape index (κ3) is 3.18. The Bertz CT molecular complexity index is 958. The van der Waals surface area contributed by atoms with Gasteiger partial charge in [-0.15, -0.1) is 0 Å². The number of ether oxygens (including phenoxy) is 3. The Morgan fingerprint density at radius 3 is 2.57 bits per heavy atom. The second-order valence-electron chi connectivity index (χ2n) is 6.45. The lowest BCUT2D eigenvalue weighted by atomic mass is 9.95. The first kappa shape index (κ1) is 18.3. The van der Waals surface area contributed by atoms with Crippen molar-refractivity contribution in [1.82, 2.24) is 5.32 Å². The van der Waals surface area contributed by atoms with Crippen LogP contribution in [0.5, 0.6) is 11.5 Å². The number of carbonyl (C=O) groups excluding carboxylic acids is 1. The van der Waals surface area contributed by atoms with Gasteiger partial charge in [-0.25, -0.2) is 4.79 Å². The van der Waals surface area contributed by atoms with Crippen LogP contribution in [0.25, 0.3) is 0 Å². The van der Waals surface area contributed by atoms with E-state index in [0.29, 0.717) is 41.1 Å². The van der Waals surface area contributed by atoms with Crippen molar-refractivity contribution in [2.75, 3.05) is 25.2 Å². The number of fused-ring (bicyclic) bond motifs is 1. The van der Waals surface area contributed by atoms with E-state index in [1.54, 1.807) is 0 Å². The Balaban J connectivity index is 1.80. The van der Waals surface area contributed by atoms with E-state index in [9.17, 15) is 4.79 Å². The Kier molecular flexibility index (Phi) is 4.92. The molecule has 2 heterocycles. The van der Waals surface area contributed by atoms with Gasteiger partial charge in [0.15, 0.2) is 16.6 Å². The zero-order chi connectivity index (χ0) is 19.7. The minimum absolute atomic E-state index is 0.380. The molecule has 0 saturated carbocycles. The smallest absolute Gasteiger partial charge is 0.337 e. The molecule has 0 aliphatic carbocycles. The van der Waals surface area contributed by atoms with E-state index in [1.165, 1.54) is 7.11 Å². The minimum Gasteiger partial charge on any atom is -0.486 e. The third-order valence-electron chi connectivity index (χ3n) is 4.81. The fourth-order valence-corrected chi connectivity index (χ4v) is 3.86. The van der Waals surface area contributed by atoms with Crippen LogP contribution in [0.3, 0.4) is 0 Å². The van der Waals surface area contributed by atoms with Crippen molar-refractivity contribution in [2.45, 2.75) is 13.0 Å². The number of esters is 1. The standard InChI is InChI=1S/C21H20N2O4S/c1-13-18(20(24)25-2)19(14-6-4-3-5-7-14)22-21(28)23(13)15-8-9-16-17(12-15)27-11-10-26-16/h3-9,12,19H,10-11H2,1-2H3,(H,22,28)/t19-/m0/s1. The molecule has 4 rings (SSSR count). The highest BCUT2D eigenvalue weighted by atomic mass is 32.1. The van der Waals surface area contributed by atoms with Crippen LogP contribution in [0, 0.1) is 0 Å². The number of hydrogen-bond donors (Lipinski definition) is 1. The number of thiocarbonyl (C=S) groups is 1. The largest absolute Gasteiger partial charge is 0.486 e. The van der Waals surface area contributed by atoms with Gasteiger partial charge in [-0.2, -0.15) is 0 Å². The van der Waals surface area contributed by atoms with Gasteiger partial charge in [-0.1, -0.05) is 30.3 Å². The Morgan fingerprint density at radius 2 is 1.86 bits per heavy atom. The molecule has 0 bridgehead atoms. The number of carbonyl (C=O) groups is 1. The number of allylic oxidation sites excluding steroid dienone is 1. The molecular weight excluding hydrogens is 376 g/mol. The summed E-state index contributed by atoms with van der Waals surface area (Å²) in [6.45, 7) is 2.89. The highest BCUT2D eigenvalue weighted by Crippen LogP contribution is 2.38. The number of nitrogens with zero attached hydrogens (tertiary/aromatic N) is 1. The Hall–Kier alpha value is -3.06. The highest BCUT2D eigenvalue weighted by Gasteiger charge is 2.35. The summed E-state index contributed by atoms with van der Waals surface area (Å²) >= 11 is 5.65. The number of rotatable bonds is 3. The average Bonchev–Trinajstić information content (AvgIpc) is 2.73. The fraction of sp³-hybridized carbons (Fsp3) is 0.238. The van der Waals surface area contributed by atoms with Crippen LogP contribution in [0.15, 0.2) is 59.8 Å². The molecule has 1 N–H and O–H groups in total. The number of benzene rings is 2. The topological polar surface area (TPSA) is 60.0 Å². The molecule has 0 unspecified atom stereocenters. The van der Waals surface area contributed by atoms with E-state index in [-0.39, 0.29) is 6.04 Å². The van der Waals surface area contributed by atoms with Crippen LogP contribution < -0.4 is 19.7 Å². The van der Waals surface area contributed by atoms with Crippen molar-refractivity contribution >= 4 is 29.0 Å². The van der Waals surface area contributed by atoms with Crippen molar-refractivity contribution in [2.24, 2.45) is 0 Å². The summed E-state index contributed by atoms with van der Waals surface area (Å²) in [6, 6.07) is 14.9. The number of methoxy groups -OCH3 is 1. The monoisotopic (exact) mass is 396 g/mol. The second-order valence-corrected chi connectivity index (χ2v) is 6.83. The summed E-state index contributed by atoms with van der Waals surface area (Å²) in [5, 5.41) is 3.78. The third-order valence-corrected chi connectivity index (χ3v) is 5.11. The predicted octanol–water partition coefficient (Wildman–Crippen LogP) is 3.34. The zero-order valence-corrected chi connectivity index (χ0v) is 16.4. The molecule has 0 aromatic heterocycles. The van der Waals surface area contributed by atoms with Crippen LogP contribution in [-0.2, 0) is 9.53 Å². The molecule has 7 heteroatoms. The SMILES string of the molecule is COC(=O)C1=C(C)N(c2ccc3c(c2)OCCO3)C(=S)N[C@H]1c1ccccc1. The molecule has 144 valence electrons. The second kappa shape index (κ2) is 7.52. The van der Waals surface area contributed by atoms with Crippen LogP contribution in [0.2, 0.25) is 0 Å². The van der Waals surface area contributed by atoms with E-state index in [4.69, 9.17) is 26.4 Å². The van der Waals surface area contributed by atoms with Gasteiger partial charge in [-0.05, 0) is 36.8 Å². The lowest BCUT2D eigenvalue weighted by Gasteiger charge is -2.37. The van der Waals surface area contributed by atoms with Crippen molar-refractivity contribution in [3.63, 3.8) is 0 Å². The normalized spacial score (nSPS) is 18.6. The van der Waals surface area contributed by atoms with E-state index < -0.39 is 5.97 Å². The maximum atomic E-state index is 12.6. The van der Waals surface area contributed by atoms with Crippen molar-refractivity contribution in [3.8, 4) is 11.5 Å². The summed E-state index contributed by atoms with van der Waals surface area (Å²) < 4.78 is 16.4. The number of nitrogens with one attached hydrogen (secondary N) is 1. The lowest BCUT2D eigenvalue weighted by Crippen LogP contribution is -2.48. The van der Waals surface area contributed by atoms with E-state index in [2.05, 4.69) is 5.32 Å². The van der Waals surface area contributed by atoms with Gasteiger partial charge in [0, 0.05) is 11.8 Å². The molecule has 0 fully saturated rings. The van der Waals surface area contributed by atoms with Crippen molar-refractivity contribution in [3.05, 3.63) is 65.4 Å². The van der Waals surface area contributed by atoms with Gasteiger partial charge >= 0.3 is 5.97 Å². The molecule has 2 aromatic rings. The van der Waals surface area contributed by atoms with Crippen LogP contribution in [0.4, 0.5) is 5.69 Å². The maximum Gasteiger partial charge on any atom is 0.337 e. The molecule has 0 saturated heterocycles. The van der Waals surface area contributed by atoms with Crippen LogP contribution >= 0.6 is 12.2 Å². The van der Waals surface area contributed by atoms with Crippen molar-refractivity contribution < 1.29 is 19.0 Å². The van der Waals surface area contributed by atoms with Gasteiger partial charge < -0.3 is 19.5 Å². The first-order valence-electron chi connectivity index (χ1n) is 8.94. The van der Waals surface area contributed by atoms with Gasteiger partial charge in [0.2, 0.25) is 0 Å². The summed E-state index contributed by atoms with van der Waals surface area (Å²) in [5.41, 5.74) is 2.94. The molecule has 2 aliphatic heterocycles. The van der Waals surface area contributed by atoms with E-state index in [1.807, 2.05) is 60.4 Å². The minimum atomic E-state index is -0.399. The lowest BCUT2D eigenvalue weighted by molar-refractivity contribution is -0.136. The number of hydrogen-bond acceptors (Lipinski definition) is 5. The highest BCUT2D eigenvalue weighted by molar-refractivity contribution is 7.80. The molecule has 2 aromatic carbocycles. The van der Waals surface area contributed by atoms with Gasteiger partial charge in [-0.3, -0.25) is 4.90 Å². The number of anilines is 1.